The van der Waals surface area contributed by atoms with E-state index < -0.39 is 0 Å². The summed E-state index contributed by atoms with van der Waals surface area (Å²) in [7, 11) is 0. The van der Waals surface area contributed by atoms with Crippen molar-refractivity contribution >= 4 is 11.4 Å². The number of hydrogen-bond donors (Lipinski definition) is 1. The van der Waals surface area contributed by atoms with Gasteiger partial charge in [-0.2, -0.15) is 0 Å². The molecule has 0 unspecified atom stereocenters. The van der Waals surface area contributed by atoms with Crippen molar-refractivity contribution in [3.8, 4) is 0 Å². The second-order valence-electron chi connectivity index (χ2n) is 5.44. The fourth-order valence-electron chi connectivity index (χ4n) is 1.82. The van der Waals surface area contributed by atoms with Crippen LogP contribution in [0.1, 0.15) is 26.3 Å². The number of para-hydroxylation sites is 1. The Labute approximate surface area is 108 Å². The highest BCUT2D eigenvalue weighted by molar-refractivity contribution is 5.60. The third-order valence-electron chi connectivity index (χ3n) is 2.98. The largest absolute Gasteiger partial charge is 0.284 e. The first-order chi connectivity index (χ1) is 8.48. The standard InChI is InChI=1S/C16H19NO/c1-16(2,3)13-9-11-15(12-10-13)17(18)14-7-5-4-6-8-14/h4-12,18H,1-3H3. The van der Waals surface area contributed by atoms with Crippen LogP contribution in [-0.2, 0) is 5.41 Å². The van der Waals surface area contributed by atoms with Gasteiger partial charge in [-0.15, -0.1) is 0 Å². The Morgan fingerprint density at radius 1 is 0.778 bits per heavy atom. The van der Waals surface area contributed by atoms with Gasteiger partial charge in [-0.05, 0) is 35.2 Å². The number of rotatable bonds is 2. The van der Waals surface area contributed by atoms with Crippen molar-refractivity contribution in [1.29, 1.82) is 0 Å². The summed E-state index contributed by atoms with van der Waals surface area (Å²) in [6.07, 6.45) is 0. The average Bonchev–Trinajstić information content (AvgIpc) is 2.38. The monoisotopic (exact) mass is 241 g/mol. The van der Waals surface area contributed by atoms with Gasteiger partial charge in [-0.1, -0.05) is 51.1 Å². The van der Waals surface area contributed by atoms with E-state index >= 15 is 0 Å². The van der Waals surface area contributed by atoms with Crippen molar-refractivity contribution < 1.29 is 5.21 Å². The molecule has 0 bridgehead atoms. The Hall–Kier alpha value is -1.80. The second kappa shape index (κ2) is 4.83. The molecule has 2 heteroatoms. The van der Waals surface area contributed by atoms with Gasteiger partial charge in [-0.3, -0.25) is 5.21 Å². The van der Waals surface area contributed by atoms with Gasteiger partial charge in [0.1, 0.15) is 0 Å². The van der Waals surface area contributed by atoms with Crippen LogP contribution >= 0.6 is 0 Å². The van der Waals surface area contributed by atoms with Gasteiger partial charge >= 0.3 is 0 Å². The minimum atomic E-state index is 0.131. The zero-order chi connectivity index (χ0) is 13.2. The predicted molar refractivity (Wildman–Crippen MR) is 75.5 cm³/mol. The molecule has 0 aliphatic heterocycles. The molecule has 0 aromatic heterocycles. The number of nitrogens with zero attached hydrogens (tertiary/aromatic N) is 1. The molecule has 0 saturated heterocycles. The number of benzene rings is 2. The van der Waals surface area contributed by atoms with Crippen LogP contribution in [0.25, 0.3) is 0 Å². The molecule has 18 heavy (non-hydrogen) atoms. The Bertz CT molecular complexity index is 497. The Morgan fingerprint density at radius 3 is 1.78 bits per heavy atom. The van der Waals surface area contributed by atoms with Gasteiger partial charge in [0.15, 0.2) is 0 Å². The van der Waals surface area contributed by atoms with E-state index in [0.29, 0.717) is 0 Å². The van der Waals surface area contributed by atoms with Crippen molar-refractivity contribution in [3.05, 3.63) is 60.2 Å². The quantitative estimate of drug-likeness (QED) is 0.782. The molecule has 94 valence electrons. The maximum absolute atomic E-state index is 10.1. The zero-order valence-corrected chi connectivity index (χ0v) is 11.1. The minimum absolute atomic E-state index is 0.131. The van der Waals surface area contributed by atoms with E-state index in [4.69, 9.17) is 0 Å². The van der Waals surface area contributed by atoms with Gasteiger partial charge in [0.2, 0.25) is 0 Å². The number of anilines is 2. The molecule has 2 aromatic rings. The summed E-state index contributed by atoms with van der Waals surface area (Å²) >= 11 is 0. The summed E-state index contributed by atoms with van der Waals surface area (Å²) in [5, 5.41) is 11.3. The first kappa shape index (κ1) is 12.7. The van der Waals surface area contributed by atoms with Crippen LogP contribution in [0.15, 0.2) is 54.6 Å². The van der Waals surface area contributed by atoms with Crippen LogP contribution in [0, 0.1) is 0 Å². The molecule has 0 aliphatic carbocycles. The molecule has 0 saturated carbocycles. The van der Waals surface area contributed by atoms with E-state index in [2.05, 4.69) is 32.9 Å². The maximum atomic E-state index is 10.1. The molecule has 0 atom stereocenters. The zero-order valence-electron chi connectivity index (χ0n) is 11.1. The summed E-state index contributed by atoms with van der Waals surface area (Å²) in [5.41, 5.74) is 2.92. The Balaban J connectivity index is 2.25. The van der Waals surface area contributed by atoms with E-state index in [1.165, 1.54) is 10.6 Å². The maximum Gasteiger partial charge on any atom is 0.0693 e. The van der Waals surface area contributed by atoms with Crippen LogP contribution in [0.4, 0.5) is 11.4 Å². The first-order valence-corrected chi connectivity index (χ1v) is 6.13. The van der Waals surface area contributed by atoms with E-state index in [1.54, 1.807) is 0 Å². The van der Waals surface area contributed by atoms with Crippen molar-refractivity contribution in [2.45, 2.75) is 26.2 Å². The predicted octanol–water partition coefficient (Wildman–Crippen LogP) is 4.51. The average molecular weight is 241 g/mol. The fraction of sp³-hybridized carbons (Fsp3) is 0.250. The highest BCUT2D eigenvalue weighted by Crippen LogP contribution is 2.27. The molecule has 0 aliphatic rings. The molecule has 0 fully saturated rings. The highest BCUT2D eigenvalue weighted by Gasteiger charge is 2.14. The lowest BCUT2D eigenvalue weighted by Crippen LogP contribution is -2.13. The molecule has 0 radical (unpaired) electrons. The van der Waals surface area contributed by atoms with E-state index in [-0.39, 0.29) is 5.41 Å². The summed E-state index contributed by atoms with van der Waals surface area (Å²) in [4.78, 5) is 0. The minimum Gasteiger partial charge on any atom is -0.284 e. The third-order valence-corrected chi connectivity index (χ3v) is 2.98. The Kier molecular flexibility index (Phi) is 3.39. The lowest BCUT2D eigenvalue weighted by molar-refractivity contribution is 0.301. The third kappa shape index (κ3) is 2.71. The van der Waals surface area contributed by atoms with Crippen LogP contribution in [0.5, 0.6) is 0 Å². The Morgan fingerprint density at radius 2 is 1.28 bits per heavy atom. The number of hydrogen-bond acceptors (Lipinski definition) is 2. The SMILES string of the molecule is CC(C)(C)c1ccc(N(O)c2ccccc2)cc1. The van der Waals surface area contributed by atoms with Gasteiger partial charge in [0.05, 0.1) is 11.4 Å². The molecule has 2 aromatic carbocycles. The molecule has 0 spiro atoms. The summed E-state index contributed by atoms with van der Waals surface area (Å²) in [5.74, 6) is 0. The fourth-order valence-corrected chi connectivity index (χ4v) is 1.82. The van der Waals surface area contributed by atoms with Crippen LogP contribution in [-0.4, -0.2) is 5.21 Å². The van der Waals surface area contributed by atoms with Gasteiger partial charge < -0.3 is 0 Å². The lowest BCUT2D eigenvalue weighted by Gasteiger charge is -2.21. The second-order valence-corrected chi connectivity index (χ2v) is 5.44. The summed E-state index contributed by atoms with van der Waals surface area (Å²) in [6, 6.07) is 17.5. The molecular formula is C16H19NO. The van der Waals surface area contributed by atoms with Crippen molar-refractivity contribution in [2.75, 3.05) is 5.06 Å². The molecule has 1 N–H and O–H groups in total. The van der Waals surface area contributed by atoms with Crippen molar-refractivity contribution in [3.63, 3.8) is 0 Å². The van der Waals surface area contributed by atoms with Crippen LogP contribution in [0.3, 0.4) is 0 Å². The van der Waals surface area contributed by atoms with E-state index in [0.717, 1.165) is 11.4 Å². The topological polar surface area (TPSA) is 23.5 Å². The molecule has 0 amide bonds. The van der Waals surface area contributed by atoms with Crippen molar-refractivity contribution in [2.24, 2.45) is 0 Å². The molecule has 2 rings (SSSR count). The normalized spacial score (nSPS) is 11.3. The van der Waals surface area contributed by atoms with Crippen LogP contribution < -0.4 is 5.06 Å². The van der Waals surface area contributed by atoms with Gasteiger partial charge in [-0.25, -0.2) is 5.06 Å². The van der Waals surface area contributed by atoms with Crippen molar-refractivity contribution in [1.82, 2.24) is 0 Å². The van der Waals surface area contributed by atoms with E-state index in [9.17, 15) is 5.21 Å². The highest BCUT2D eigenvalue weighted by atomic mass is 16.5. The molecular weight excluding hydrogens is 222 g/mol. The van der Waals surface area contributed by atoms with Gasteiger partial charge in [0, 0.05) is 0 Å². The summed E-state index contributed by atoms with van der Waals surface area (Å²) in [6.45, 7) is 6.53. The first-order valence-electron chi connectivity index (χ1n) is 6.13. The van der Waals surface area contributed by atoms with Crippen LogP contribution in [0.2, 0.25) is 0 Å². The molecule has 0 heterocycles. The van der Waals surface area contributed by atoms with Gasteiger partial charge in [0.25, 0.3) is 0 Å². The molecule has 2 nitrogen and oxygen atoms in total. The van der Waals surface area contributed by atoms with E-state index in [1.807, 2.05) is 42.5 Å². The lowest BCUT2D eigenvalue weighted by atomic mass is 9.87. The summed E-state index contributed by atoms with van der Waals surface area (Å²) < 4.78 is 0. The smallest absolute Gasteiger partial charge is 0.0693 e.